The molecule has 0 aromatic rings. The third-order valence-corrected chi connectivity index (χ3v) is 6.04. The molecule has 2 nitrogen and oxygen atoms in total. The van der Waals surface area contributed by atoms with E-state index in [-0.39, 0.29) is 11.2 Å². The first-order valence-corrected chi connectivity index (χ1v) is 8.05. The van der Waals surface area contributed by atoms with Crippen LogP contribution in [0, 0.1) is 11.8 Å². The average Bonchev–Trinajstić information content (AvgIpc) is 2.97. The van der Waals surface area contributed by atoms with E-state index in [1.54, 1.807) is 0 Å². The monoisotopic (exact) mass is 252 g/mol. The van der Waals surface area contributed by atoms with Crippen LogP contribution in [0.2, 0.25) is 0 Å². The van der Waals surface area contributed by atoms with Gasteiger partial charge in [-0.2, -0.15) is 0 Å². The molecule has 0 aromatic carbocycles. The molecule has 1 heterocycles. The molecule has 1 spiro atoms. The molecule has 0 amide bonds. The molecular formula is C16H28O2. The third-order valence-electron chi connectivity index (χ3n) is 6.04. The van der Waals surface area contributed by atoms with Crippen LogP contribution >= 0.6 is 0 Å². The van der Waals surface area contributed by atoms with E-state index in [9.17, 15) is 5.11 Å². The number of ether oxygens (including phenoxy) is 1. The Hall–Kier alpha value is -0.0800. The minimum Gasteiger partial charge on any atom is -0.389 e. The highest BCUT2D eigenvalue weighted by Crippen LogP contribution is 2.51. The molecule has 3 unspecified atom stereocenters. The summed E-state index contributed by atoms with van der Waals surface area (Å²) in [7, 11) is 0. The smallest absolute Gasteiger partial charge is 0.0705 e. The zero-order chi connectivity index (χ0) is 12.6. The molecule has 2 aliphatic carbocycles. The van der Waals surface area contributed by atoms with Crippen LogP contribution in [0.5, 0.6) is 0 Å². The van der Waals surface area contributed by atoms with Crippen LogP contribution in [0.1, 0.15) is 71.1 Å². The van der Waals surface area contributed by atoms with Gasteiger partial charge in [-0.25, -0.2) is 0 Å². The predicted molar refractivity (Wildman–Crippen MR) is 72.5 cm³/mol. The van der Waals surface area contributed by atoms with Gasteiger partial charge in [0, 0.05) is 6.61 Å². The van der Waals surface area contributed by atoms with Crippen molar-refractivity contribution in [2.75, 3.05) is 6.61 Å². The van der Waals surface area contributed by atoms with E-state index < -0.39 is 0 Å². The lowest BCUT2D eigenvalue weighted by molar-refractivity contribution is -0.151. The Labute approximate surface area is 111 Å². The van der Waals surface area contributed by atoms with Crippen molar-refractivity contribution in [2.24, 2.45) is 11.8 Å². The second kappa shape index (κ2) is 4.79. The van der Waals surface area contributed by atoms with E-state index in [1.165, 1.54) is 38.5 Å². The Morgan fingerprint density at radius 3 is 2.61 bits per heavy atom. The van der Waals surface area contributed by atoms with Crippen molar-refractivity contribution in [2.45, 2.75) is 82.3 Å². The number of aliphatic hydroxyl groups is 1. The van der Waals surface area contributed by atoms with Crippen LogP contribution in [0.25, 0.3) is 0 Å². The van der Waals surface area contributed by atoms with Gasteiger partial charge in [0.05, 0.1) is 11.2 Å². The molecule has 3 fully saturated rings. The molecule has 18 heavy (non-hydrogen) atoms. The molecule has 2 saturated carbocycles. The van der Waals surface area contributed by atoms with Gasteiger partial charge >= 0.3 is 0 Å². The summed E-state index contributed by atoms with van der Waals surface area (Å²) in [5.74, 6) is 1.04. The first-order chi connectivity index (χ1) is 8.69. The molecule has 3 rings (SSSR count). The molecular weight excluding hydrogens is 224 g/mol. The maximum absolute atomic E-state index is 11.2. The van der Waals surface area contributed by atoms with Gasteiger partial charge in [-0.1, -0.05) is 32.6 Å². The van der Waals surface area contributed by atoms with Crippen molar-refractivity contribution < 1.29 is 9.84 Å². The number of hydrogen-bond acceptors (Lipinski definition) is 2. The molecule has 0 bridgehead atoms. The summed E-state index contributed by atoms with van der Waals surface area (Å²) in [6.07, 6.45) is 11.9. The summed E-state index contributed by atoms with van der Waals surface area (Å²) in [4.78, 5) is 0. The normalized spacial score (nSPS) is 43.7. The molecule has 104 valence electrons. The molecule has 2 heteroatoms. The summed E-state index contributed by atoms with van der Waals surface area (Å²) >= 11 is 0. The van der Waals surface area contributed by atoms with Crippen LogP contribution in [0.15, 0.2) is 0 Å². The van der Waals surface area contributed by atoms with Crippen molar-refractivity contribution in [1.82, 2.24) is 0 Å². The van der Waals surface area contributed by atoms with Crippen molar-refractivity contribution in [3.05, 3.63) is 0 Å². The highest BCUT2D eigenvalue weighted by Gasteiger charge is 2.51. The van der Waals surface area contributed by atoms with Gasteiger partial charge in [0.25, 0.3) is 0 Å². The van der Waals surface area contributed by atoms with Crippen molar-refractivity contribution in [1.29, 1.82) is 0 Å². The Balaban J connectivity index is 1.75. The van der Waals surface area contributed by atoms with Crippen molar-refractivity contribution in [3.63, 3.8) is 0 Å². The van der Waals surface area contributed by atoms with Crippen LogP contribution < -0.4 is 0 Å². The molecule has 0 radical (unpaired) electrons. The van der Waals surface area contributed by atoms with Gasteiger partial charge in [-0.15, -0.1) is 0 Å². The SMILES string of the molecule is CCC1CCCC1(O)C1CCOC2(CCCC2)C1. The molecule has 1 aliphatic heterocycles. The summed E-state index contributed by atoms with van der Waals surface area (Å²) < 4.78 is 6.12. The Morgan fingerprint density at radius 1 is 1.11 bits per heavy atom. The van der Waals surface area contributed by atoms with E-state index in [2.05, 4.69) is 6.92 Å². The summed E-state index contributed by atoms with van der Waals surface area (Å²) in [6, 6.07) is 0. The van der Waals surface area contributed by atoms with Crippen LogP contribution in [0.4, 0.5) is 0 Å². The van der Waals surface area contributed by atoms with Crippen LogP contribution in [0.3, 0.4) is 0 Å². The lowest BCUT2D eigenvalue weighted by Gasteiger charge is -2.46. The number of rotatable bonds is 2. The summed E-state index contributed by atoms with van der Waals surface area (Å²) in [6.45, 7) is 3.12. The lowest BCUT2D eigenvalue weighted by atomic mass is 9.70. The van der Waals surface area contributed by atoms with Crippen molar-refractivity contribution in [3.8, 4) is 0 Å². The van der Waals surface area contributed by atoms with Gasteiger partial charge in [-0.05, 0) is 50.4 Å². The second-order valence-electron chi connectivity index (χ2n) is 6.92. The maximum atomic E-state index is 11.2. The molecule has 1 saturated heterocycles. The third kappa shape index (κ3) is 2.02. The standard InChI is InChI=1S/C16H28O2/c1-2-13-6-5-10-16(13,17)14-7-11-18-15(12-14)8-3-4-9-15/h13-14,17H,2-12H2,1H3. The summed E-state index contributed by atoms with van der Waals surface area (Å²) in [5, 5.41) is 11.2. The summed E-state index contributed by atoms with van der Waals surface area (Å²) in [5.41, 5.74) is -0.215. The van der Waals surface area contributed by atoms with E-state index in [4.69, 9.17) is 4.74 Å². The minimum absolute atomic E-state index is 0.152. The Morgan fingerprint density at radius 2 is 1.89 bits per heavy atom. The average molecular weight is 252 g/mol. The highest BCUT2D eigenvalue weighted by molar-refractivity contribution is 5.02. The minimum atomic E-state index is -0.367. The lowest BCUT2D eigenvalue weighted by Crippen LogP contribution is -2.49. The molecule has 3 aliphatic rings. The maximum Gasteiger partial charge on any atom is 0.0705 e. The van der Waals surface area contributed by atoms with Crippen molar-refractivity contribution >= 4 is 0 Å². The highest BCUT2D eigenvalue weighted by atomic mass is 16.5. The van der Waals surface area contributed by atoms with Gasteiger partial charge in [0.1, 0.15) is 0 Å². The fourth-order valence-electron chi connectivity index (χ4n) is 5.00. The van der Waals surface area contributed by atoms with Gasteiger partial charge in [0.2, 0.25) is 0 Å². The van der Waals surface area contributed by atoms with E-state index in [0.29, 0.717) is 11.8 Å². The van der Waals surface area contributed by atoms with Gasteiger partial charge in [0.15, 0.2) is 0 Å². The predicted octanol–water partition coefficient (Wildman–Crippen LogP) is 3.67. The Bertz CT molecular complexity index is 295. The first-order valence-electron chi connectivity index (χ1n) is 8.05. The van der Waals surface area contributed by atoms with E-state index >= 15 is 0 Å². The molecule has 3 atom stereocenters. The fraction of sp³-hybridized carbons (Fsp3) is 1.00. The Kier molecular flexibility index (Phi) is 3.44. The van der Waals surface area contributed by atoms with Crippen LogP contribution in [-0.2, 0) is 4.74 Å². The largest absolute Gasteiger partial charge is 0.389 e. The number of hydrogen-bond donors (Lipinski definition) is 1. The zero-order valence-corrected chi connectivity index (χ0v) is 11.8. The van der Waals surface area contributed by atoms with Gasteiger partial charge in [-0.3, -0.25) is 0 Å². The second-order valence-corrected chi connectivity index (χ2v) is 6.92. The van der Waals surface area contributed by atoms with Crippen LogP contribution in [-0.4, -0.2) is 22.9 Å². The zero-order valence-electron chi connectivity index (χ0n) is 11.8. The fourth-order valence-corrected chi connectivity index (χ4v) is 5.00. The molecule has 0 aromatic heterocycles. The quantitative estimate of drug-likeness (QED) is 0.812. The topological polar surface area (TPSA) is 29.5 Å². The molecule has 1 N–H and O–H groups in total. The van der Waals surface area contributed by atoms with Gasteiger partial charge < -0.3 is 9.84 Å². The van der Waals surface area contributed by atoms with E-state index in [1.807, 2.05) is 0 Å². The van der Waals surface area contributed by atoms with E-state index in [0.717, 1.165) is 32.3 Å². The first kappa shape index (κ1) is 12.9.